The molecule has 11 aromatic rings. The molecule has 6 heteroatoms. The van der Waals surface area contributed by atoms with Gasteiger partial charge in [0.15, 0.2) is 23.1 Å². The fourth-order valence-corrected chi connectivity index (χ4v) is 7.63. The zero-order valence-electron chi connectivity index (χ0n) is 29.5. The van der Waals surface area contributed by atoms with E-state index >= 15 is 0 Å². The number of fused-ring (bicyclic) bond motifs is 7. The molecule has 0 fully saturated rings. The molecule has 0 N–H and O–H groups in total. The van der Waals surface area contributed by atoms with Crippen molar-refractivity contribution in [2.45, 2.75) is 0 Å². The normalized spacial score (nSPS) is 11.6. The molecule has 0 atom stereocenters. The van der Waals surface area contributed by atoms with E-state index in [0.717, 1.165) is 77.4 Å². The van der Waals surface area contributed by atoms with Gasteiger partial charge in [0.1, 0.15) is 11.2 Å². The molecule has 0 radical (unpaired) electrons. The third-order valence-electron chi connectivity index (χ3n) is 10.4. The summed E-state index contributed by atoms with van der Waals surface area (Å²) in [7, 11) is 0. The van der Waals surface area contributed by atoms with Crippen LogP contribution in [0.25, 0.3) is 106 Å². The van der Waals surface area contributed by atoms with Gasteiger partial charge in [-0.1, -0.05) is 146 Å². The average Bonchev–Trinajstić information content (AvgIpc) is 3.65. The first kappa shape index (κ1) is 31.0. The molecule has 0 saturated carbocycles. The fourth-order valence-electron chi connectivity index (χ4n) is 7.63. The van der Waals surface area contributed by atoms with Crippen LogP contribution in [0.2, 0.25) is 0 Å². The minimum Gasteiger partial charge on any atom is -0.284 e. The molecule has 0 spiro atoms. The highest BCUT2D eigenvalue weighted by Crippen LogP contribution is 2.35. The second-order valence-electron chi connectivity index (χ2n) is 13.8. The zero-order chi connectivity index (χ0) is 36.3. The van der Waals surface area contributed by atoms with Gasteiger partial charge in [0.2, 0.25) is 0 Å². The summed E-state index contributed by atoms with van der Waals surface area (Å²) >= 11 is 0. The number of benzene rings is 7. The van der Waals surface area contributed by atoms with E-state index in [-0.39, 0.29) is 0 Å². The Bertz CT molecular complexity index is 3180. The maximum atomic E-state index is 5.20. The molecular weight excluding hydrogens is 673 g/mol. The van der Waals surface area contributed by atoms with Gasteiger partial charge in [-0.05, 0) is 63.0 Å². The van der Waals surface area contributed by atoms with E-state index in [1.165, 1.54) is 10.8 Å². The van der Waals surface area contributed by atoms with Crippen LogP contribution in [0.3, 0.4) is 0 Å². The third-order valence-corrected chi connectivity index (χ3v) is 10.4. The maximum Gasteiger partial charge on any atom is 0.165 e. The van der Waals surface area contributed by atoms with Gasteiger partial charge >= 0.3 is 0 Å². The van der Waals surface area contributed by atoms with Gasteiger partial charge in [-0.25, -0.2) is 24.9 Å². The van der Waals surface area contributed by atoms with Crippen LogP contribution < -0.4 is 0 Å². The summed E-state index contributed by atoms with van der Waals surface area (Å²) in [5.74, 6) is 1.89. The van der Waals surface area contributed by atoms with Crippen molar-refractivity contribution in [2.75, 3.05) is 0 Å². The van der Waals surface area contributed by atoms with Gasteiger partial charge < -0.3 is 0 Å². The van der Waals surface area contributed by atoms with Crippen LogP contribution >= 0.6 is 0 Å². The zero-order valence-corrected chi connectivity index (χ0v) is 29.5. The second-order valence-corrected chi connectivity index (χ2v) is 13.8. The van der Waals surface area contributed by atoms with Crippen LogP contribution in [0, 0.1) is 0 Å². The fraction of sp³-hybridized carbons (Fsp3) is 0. The molecule has 0 bridgehead atoms. The van der Waals surface area contributed by atoms with Gasteiger partial charge in [-0.2, -0.15) is 0 Å². The quantitative estimate of drug-likeness (QED) is 0.179. The van der Waals surface area contributed by atoms with Crippen molar-refractivity contribution in [3.05, 3.63) is 182 Å². The molecule has 4 aromatic heterocycles. The average molecular weight is 703 g/mol. The molecule has 0 aliphatic carbocycles. The van der Waals surface area contributed by atoms with E-state index in [9.17, 15) is 0 Å². The van der Waals surface area contributed by atoms with Crippen LogP contribution in [-0.2, 0) is 0 Å². The van der Waals surface area contributed by atoms with E-state index in [2.05, 4.69) is 162 Å². The van der Waals surface area contributed by atoms with Gasteiger partial charge in [-0.3, -0.25) is 4.40 Å². The summed E-state index contributed by atoms with van der Waals surface area (Å²) in [4.78, 5) is 25.3. The van der Waals surface area contributed by atoms with E-state index in [4.69, 9.17) is 24.9 Å². The Balaban J connectivity index is 1.01. The molecule has 6 nitrogen and oxygen atoms in total. The lowest BCUT2D eigenvalue weighted by molar-refractivity contribution is 1.08. The summed E-state index contributed by atoms with van der Waals surface area (Å²) in [5, 5.41) is 6.80. The van der Waals surface area contributed by atoms with Crippen LogP contribution in [0.4, 0.5) is 0 Å². The summed E-state index contributed by atoms with van der Waals surface area (Å²) in [6, 6.07) is 61.0. The highest BCUT2D eigenvalue weighted by molar-refractivity contribution is 6.09. The summed E-state index contributed by atoms with van der Waals surface area (Å²) in [5.41, 5.74) is 9.58. The predicted octanol–water partition coefficient (Wildman–Crippen LogP) is 11.9. The summed E-state index contributed by atoms with van der Waals surface area (Å²) < 4.78 is 2.06. The van der Waals surface area contributed by atoms with Crippen LogP contribution in [0.15, 0.2) is 182 Å². The molecule has 0 unspecified atom stereocenters. The van der Waals surface area contributed by atoms with Crippen molar-refractivity contribution < 1.29 is 0 Å². The van der Waals surface area contributed by atoms with Crippen LogP contribution in [-0.4, -0.2) is 29.3 Å². The van der Waals surface area contributed by atoms with Crippen molar-refractivity contribution in [1.82, 2.24) is 29.3 Å². The van der Waals surface area contributed by atoms with Crippen molar-refractivity contribution in [1.29, 1.82) is 0 Å². The minimum atomic E-state index is 0.622. The SMILES string of the molecule is c1cc(-c2ccc(-c3nc4c(nc5ccccn54)c4ccccc34)cc2)cc(-c2nc(-c3ccc4ccccc4c3)nc(-c3ccc4ccccc4c3)n2)c1. The van der Waals surface area contributed by atoms with Gasteiger partial charge in [0, 0.05) is 39.2 Å². The second kappa shape index (κ2) is 12.5. The number of hydrogen-bond donors (Lipinski definition) is 0. The number of aromatic nitrogens is 6. The first-order chi connectivity index (χ1) is 27.2. The molecular formula is C49H30N6. The van der Waals surface area contributed by atoms with Gasteiger partial charge in [-0.15, -0.1) is 0 Å². The van der Waals surface area contributed by atoms with Crippen molar-refractivity contribution in [2.24, 2.45) is 0 Å². The van der Waals surface area contributed by atoms with Gasteiger partial charge in [0.25, 0.3) is 0 Å². The third kappa shape index (κ3) is 5.39. The monoisotopic (exact) mass is 702 g/mol. The maximum absolute atomic E-state index is 5.20. The molecule has 4 heterocycles. The lowest BCUT2D eigenvalue weighted by atomic mass is 9.98. The van der Waals surface area contributed by atoms with Crippen molar-refractivity contribution in [3.8, 4) is 56.5 Å². The number of hydrogen-bond acceptors (Lipinski definition) is 5. The molecule has 7 aromatic carbocycles. The van der Waals surface area contributed by atoms with Crippen LogP contribution in [0.1, 0.15) is 0 Å². The number of rotatable bonds is 5. The lowest BCUT2D eigenvalue weighted by Gasteiger charge is -2.11. The Morgan fingerprint density at radius 2 is 0.855 bits per heavy atom. The lowest BCUT2D eigenvalue weighted by Crippen LogP contribution is -2.00. The first-order valence-corrected chi connectivity index (χ1v) is 18.3. The molecule has 11 rings (SSSR count). The Morgan fingerprint density at radius 3 is 1.53 bits per heavy atom. The van der Waals surface area contributed by atoms with E-state index in [0.29, 0.717) is 17.5 Å². The number of nitrogens with zero attached hydrogens (tertiary/aromatic N) is 6. The molecule has 0 aliphatic heterocycles. The Kier molecular flexibility index (Phi) is 7.07. The van der Waals surface area contributed by atoms with E-state index in [1.54, 1.807) is 0 Å². The summed E-state index contributed by atoms with van der Waals surface area (Å²) in [6.45, 7) is 0. The number of imidazole rings is 1. The topological polar surface area (TPSA) is 68.9 Å². The molecule has 55 heavy (non-hydrogen) atoms. The number of pyridine rings is 2. The van der Waals surface area contributed by atoms with Crippen LogP contribution in [0.5, 0.6) is 0 Å². The highest BCUT2D eigenvalue weighted by Gasteiger charge is 2.17. The van der Waals surface area contributed by atoms with E-state index < -0.39 is 0 Å². The molecule has 0 saturated heterocycles. The Morgan fingerprint density at radius 1 is 0.327 bits per heavy atom. The highest BCUT2D eigenvalue weighted by atomic mass is 15.1. The van der Waals surface area contributed by atoms with E-state index in [1.807, 2.05) is 24.4 Å². The Hall–Kier alpha value is -7.57. The summed E-state index contributed by atoms with van der Waals surface area (Å²) in [6.07, 6.45) is 2.02. The molecule has 0 aliphatic rings. The minimum absolute atomic E-state index is 0.622. The van der Waals surface area contributed by atoms with Crippen molar-refractivity contribution in [3.63, 3.8) is 0 Å². The molecule has 256 valence electrons. The standard InChI is InChI=1S/C49H30N6/c1-3-12-35-29-39(25-21-31(35)10-1)47-52-46(53-48(54-47)40-26-22-32-11-2-4-13-36(32)30-40)38-15-9-14-37(28-38)33-19-23-34(24-20-33)44-41-16-5-6-17-42(41)45-49(51-44)55-27-8-7-18-43(55)50-45/h1-30H. The molecule has 0 amide bonds. The smallest absolute Gasteiger partial charge is 0.165 e. The Labute approximate surface area is 316 Å². The first-order valence-electron chi connectivity index (χ1n) is 18.3. The largest absolute Gasteiger partial charge is 0.284 e. The van der Waals surface area contributed by atoms with Crippen molar-refractivity contribution >= 4 is 49.1 Å². The predicted molar refractivity (Wildman–Crippen MR) is 224 cm³/mol. The van der Waals surface area contributed by atoms with Gasteiger partial charge in [0.05, 0.1) is 5.69 Å².